The van der Waals surface area contributed by atoms with Crippen molar-refractivity contribution in [3.63, 3.8) is 0 Å². The number of carbonyl (C=O) groups excluding carboxylic acids is 1. The Balaban J connectivity index is 0.00000288. The monoisotopic (exact) mass is 369 g/mol. The van der Waals surface area contributed by atoms with Gasteiger partial charge in [-0.3, -0.25) is 9.59 Å². The van der Waals surface area contributed by atoms with Crippen molar-refractivity contribution in [1.82, 2.24) is 9.88 Å². The molecule has 0 spiro atoms. The minimum Gasteiger partial charge on any atom is -0.352 e. The fraction of sp³-hybridized carbons (Fsp3) is 0.294. The van der Waals surface area contributed by atoms with Crippen molar-refractivity contribution in [3.05, 3.63) is 69.1 Å². The lowest BCUT2D eigenvalue weighted by Gasteiger charge is -2.11. The topological polar surface area (TPSA) is 77.1 Å². The van der Waals surface area contributed by atoms with E-state index in [0.717, 1.165) is 5.56 Å². The van der Waals surface area contributed by atoms with Gasteiger partial charge in [-0.2, -0.15) is 0 Å². The van der Waals surface area contributed by atoms with Crippen molar-refractivity contribution in [3.8, 4) is 0 Å². The van der Waals surface area contributed by atoms with Gasteiger partial charge < -0.3 is 15.6 Å². The van der Waals surface area contributed by atoms with Crippen LogP contribution in [0.3, 0.4) is 0 Å². The molecule has 3 N–H and O–H groups in total. The third-order valence-electron chi connectivity index (χ3n) is 3.43. The van der Waals surface area contributed by atoms with E-state index in [1.54, 1.807) is 12.3 Å². The average Bonchev–Trinajstić information content (AvgIpc) is 2.51. The summed E-state index contributed by atoms with van der Waals surface area (Å²) in [5.41, 5.74) is 6.73. The van der Waals surface area contributed by atoms with Crippen LogP contribution in [0.15, 0.2) is 47.4 Å². The maximum absolute atomic E-state index is 12.1. The molecular formula is C17H21Cl2N3O2. The van der Waals surface area contributed by atoms with Gasteiger partial charge in [-0.1, -0.05) is 29.8 Å². The molecule has 0 saturated carbocycles. The number of hydrogen-bond acceptors (Lipinski definition) is 3. The van der Waals surface area contributed by atoms with Gasteiger partial charge in [0.1, 0.15) is 0 Å². The van der Waals surface area contributed by atoms with Gasteiger partial charge in [0.2, 0.25) is 0 Å². The number of aromatic nitrogens is 1. The zero-order chi connectivity index (χ0) is 16.8. The normalized spacial score (nSPS) is 11.5. The molecule has 0 saturated heterocycles. The lowest BCUT2D eigenvalue weighted by atomic mass is 10.2. The highest BCUT2D eigenvalue weighted by Crippen LogP contribution is 2.15. The third-order valence-corrected chi connectivity index (χ3v) is 3.80. The fourth-order valence-corrected chi connectivity index (χ4v) is 2.31. The number of amides is 1. The highest BCUT2D eigenvalue weighted by atomic mass is 35.5. The van der Waals surface area contributed by atoms with Gasteiger partial charge in [-0.05, 0) is 31.0 Å². The Morgan fingerprint density at radius 1 is 1.29 bits per heavy atom. The van der Waals surface area contributed by atoms with Crippen molar-refractivity contribution in [1.29, 1.82) is 0 Å². The summed E-state index contributed by atoms with van der Waals surface area (Å²) in [5, 5.41) is 3.38. The number of carbonyl (C=O) groups is 1. The summed E-state index contributed by atoms with van der Waals surface area (Å²) < 4.78 is 1.47. The van der Waals surface area contributed by atoms with Gasteiger partial charge in [-0.25, -0.2) is 0 Å². The molecule has 1 unspecified atom stereocenters. The van der Waals surface area contributed by atoms with Crippen LogP contribution in [0.5, 0.6) is 0 Å². The Labute approximate surface area is 152 Å². The smallest absolute Gasteiger partial charge is 0.252 e. The molecule has 7 heteroatoms. The van der Waals surface area contributed by atoms with Crippen LogP contribution in [-0.2, 0) is 6.54 Å². The van der Waals surface area contributed by atoms with Crippen LogP contribution in [0.2, 0.25) is 5.02 Å². The van der Waals surface area contributed by atoms with Crippen LogP contribution < -0.4 is 16.6 Å². The largest absolute Gasteiger partial charge is 0.352 e. The second kappa shape index (κ2) is 9.47. The lowest BCUT2D eigenvalue weighted by Crippen LogP contribution is -2.30. The number of halogens is 2. The minimum atomic E-state index is -0.224. The van der Waals surface area contributed by atoms with Gasteiger partial charge >= 0.3 is 0 Å². The van der Waals surface area contributed by atoms with Crippen molar-refractivity contribution >= 4 is 29.9 Å². The molecule has 2 rings (SSSR count). The first-order valence-corrected chi connectivity index (χ1v) is 7.83. The summed E-state index contributed by atoms with van der Waals surface area (Å²) in [7, 11) is 0. The summed E-state index contributed by atoms with van der Waals surface area (Å²) >= 11 is 6.12. The predicted octanol–water partition coefficient (Wildman–Crippen LogP) is 2.44. The van der Waals surface area contributed by atoms with E-state index in [4.69, 9.17) is 17.3 Å². The van der Waals surface area contributed by atoms with E-state index in [1.165, 1.54) is 16.7 Å². The van der Waals surface area contributed by atoms with E-state index in [2.05, 4.69) is 5.32 Å². The quantitative estimate of drug-likeness (QED) is 0.820. The van der Waals surface area contributed by atoms with E-state index in [0.29, 0.717) is 30.1 Å². The van der Waals surface area contributed by atoms with E-state index in [-0.39, 0.29) is 29.9 Å². The van der Waals surface area contributed by atoms with Gasteiger partial charge in [0.25, 0.3) is 11.5 Å². The third kappa shape index (κ3) is 5.67. The molecule has 0 aliphatic rings. The van der Waals surface area contributed by atoms with Crippen molar-refractivity contribution in [2.24, 2.45) is 5.73 Å². The highest BCUT2D eigenvalue weighted by Gasteiger charge is 2.09. The number of hydrogen-bond donors (Lipinski definition) is 2. The molecule has 2 aromatic rings. The second-order valence-corrected chi connectivity index (χ2v) is 5.90. The molecule has 1 aromatic carbocycles. The standard InChI is InChI=1S/C17H20ClN3O2.ClH/c1-12(19)8-9-20-17(23)14-6-7-16(22)21(11-14)10-13-4-2-3-5-15(13)18;/h2-7,11-12H,8-10,19H2,1H3,(H,20,23);1H. The Hall–Kier alpha value is -1.82. The molecule has 1 atom stereocenters. The van der Waals surface area contributed by atoms with Crippen molar-refractivity contribution in [2.75, 3.05) is 6.54 Å². The molecular weight excluding hydrogens is 349 g/mol. The minimum absolute atomic E-state index is 0. The molecule has 0 bridgehead atoms. The molecule has 24 heavy (non-hydrogen) atoms. The number of nitrogens with zero attached hydrogens (tertiary/aromatic N) is 1. The molecule has 0 radical (unpaired) electrons. The van der Waals surface area contributed by atoms with E-state index in [1.807, 2.05) is 25.1 Å². The molecule has 130 valence electrons. The SMILES string of the molecule is CC(N)CCNC(=O)c1ccc(=O)n(Cc2ccccc2Cl)c1.Cl. The Morgan fingerprint density at radius 3 is 2.67 bits per heavy atom. The van der Waals surface area contributed by atoms with Crippen LogP contribution in [0, 0.1) is 0 Å². The zero-order valence-electron chi connectivity index (χ0n) is 13.4. The summed E-state index contributed by atoms with van der Waals surface area (Å²) in [4.78, 5) is 24.1. The number of benzene rings is 1. The first-order chi connectivity index (χ1) is 11.0. The molecule has 0 fully saturated rings. The maximum Gasteiger partial charge on any atom is 0.252 e. The van der Waals surface area contributed by atoms with Crippen LogP contribution >= 0.6 is 24.0 Å². The summed E-state index contributed by atoms with van der Waals surface area (Å²) in [6, 6.07) is 10.2. The Morgan fingerprint density at radius 2 is 2.00 bits per heavy atom. The molecule has 1 amide bonds. The van der Waals surface area contributed by atoms with E-state index < -0.39 is 0 Å². The Kier molecular flexibility index (Phi) is 7.98. The summed E-state index contributed by atoms with van der Waals surface area (Å²) in [5.74, 6) is -0.224. The molecule has 0 aliphatic heterocycles. The second-order valence-electron chi connectivity index (χ2n) is 5.50. The van der Waals surface area contributed by atoms with E-state index in [9.17, 15) is 9.59 Å². The van der Waals surface area contributed by atoms with Crippen LogP contribution in [-0.4, -0.2) is 23.1 Å². The van der Waals surface area contributed by atoms with Crippen LogP contribution in [0.1, 0.15) is 29.3 Å². The summed E-state index contributed by atoms with van der Waals surface area (Å²) in [6.07, 6.45) is 2.25. The first kappa shape index (κ1) is 20.2. The molecule has 1 heterocycles. The zero-order valence-corrected chi connectivity index (χ0v) is 14.9. The average molecular weight is 370 g/mol. The highest BCUT2D eigenvalue weighted by molar-refractivity contribution is 6.31. The predicted molar refractivity (Wildman–Crippen MR) is 99.1 cm³/mol. The van der Waals surface area contributed by atoms with Gasteiger partial charge in [0, 0.05) is 29.9 Å². The van der Waals surface area contributed by atoms with Gasteiger partial charge in [-0.15, -0.1) is 12.4 Å². The van der Waals surface area contributed by atoms with Crippen molar-refractivity contribution in [2.45, 2.75) is 25.9 Å². The van der Waals surface area contributed by atoms with Crippen LogP contribution in [0.4, 0.5) is 0 Å². The number of nitrogens with one attached hydrogen (secondary N) is 1. The number of rotatable bonds is 6. The van der Waals surface area contributed by atoms with E-state index >= 15 is 0 Å². The first-order valence-electron chi connectivity index (χ1n) is 7.45. The number of pyridine rings is 1. The fourth-order valence-electron chi connectivity index (χ4n) is 2.11. The van der Waals surface area contributed by atoms with Crippen LogP contribution in [0.25, 0.3) is 0 Å². The van der Waals surface area contributed by atoms with Gasteiger partial charge in [0.15, 0.2) is 0 Å². The summed E-state index contributed by atoms with van der Waals surface area (Å²) in [6.45, 7) is 2.70. The van der Waals surface area contributed by atoms with Gasteiger partial charge in [0.05, 0.1) is 12.1 Å². The van der Waals surface area contributed by atoms with Crippen molar-refractivity contribution < 1.29 is 4.79 Å². The maximum atomic E-state index is 12.1. The molecule has 1 aromatic heterocycles. The lowest BCUT2D eigenvalue weighted by molar-refractivity contribution is 0.0952. The Bertz CT molecular complexity index is 745. The molecule has 0 aliphatic carbocycles. The molecule has 5 nitrogen and oxygen atoms in total. The number of nitrogens with two attached hydrogens (primary N) is 1.